The lowest BCUT2D eigenvalue weighted by Crippen LogP contribution is -2.35. The Balaban J connectivity index is 2.40. The Morgan fingerprint density at radius 2 is 2.14 bits per heavy atom. The highest BCUT2D eigenvalue weighted by Gasteiger charge is 2.32. The van der Waals surface area contributed by atoms with Gasteiger partial charge in [0, 0.05) is 19.3 Å². The first kappa shape index (κ1) is 16.7. The van der Waals surface area contributed by atoms with Crippen LogP contribution in [0.4, 0.5) is 19.1 Å². The van der Waals surface area contributed by atoms with Crippen LogP contribution in [0.5, 0.6) is 0 Å². The molecule has 0 bridgehead atoms. The average molecular weight is 302 g/mol. The van der Waals surface area contributed by atoms with Gasteiger partial charge in [-0.15, -0.1) is 0 Å². The van der Waals surface area contributed by atoms with Crippen LogP contribution in [0, 0.1) is 0 Å². The highest BCUT2D eigenvalue weighted by atomic mass is 19.4. The summed E-state index contributed by atoms with van der Waals surface area (Å²) in [4.78, 5) is 11.1. The van der Waals surface area contributed by atoms with E-state index in [-0.39, 0.29) is 11.9 Å². The standard InChI is InChI=1S/C12H17F3N6/c1-8(2)7-20-10(16)17-5-6-19-11-18-4-3-9(21-11)12(13,14)15/h3-4H,1,5-7H2,2H3,(H3,16,17,20)(H,18,19,21). The molecule has 116 valence electrons. The Kier molecular flexibility index (Phi) is 5.94. The van der Waals surface area contributed by atoms with Gasteiger partial charge in [-0.25, -0.2) is 15.0 Å². The van der Waals surface area contributed by atoms with Gasteiger partial charge in [-0.05, 0) is 13.0 Å². The third-order valence-corrected chi connectivity index (χ3v) is 2.18. The van der Waals surface area contributed by atoms with Gasteiger partial charge in [0.2, 0.25) is 5.95 Å². The fourth-order valence-electron chi connectivity index (χ4n) is 1.24. The summed E-state index contributed by atoms with van der Waals surface area (Å²) >= 11 is 0. The maximum Gasteiger partial charge on any atom is 0.433 e. The Hall–Kier alpha value is -2.32. The average Bonchev–Trinajstić information content (AvgIpc) is 2.41. The number of guanidine groups is 1. The van der Waals surface area contributed by atoms with Crippen LogP contribution in [0.25, 0.3) is 0 Å². The molecule has 4 N–H and O–H groups in total. The molecule has 0 aliphatic carbocycles. The number of anilines is 1. The lowest BCUT2D eigenvalue weighted by molar-refractivity contribution is -0.141. The highest BCUT2D eigenvalue weighted by molar-refractivity contribution is 5.77. The van der Waals surface area contributed by atoms with Crippen molar-refractivity contribution in [2.24, 2.45) is 10.7 Å². The molecule has 1 aromatic heterocycles. The number of hydrogen-bond acceptors (Lipinski definition) is 4. The molecule has 0 atom stereocenters. The molecule has 6 nitrogen and oxygen atoms in total. The van der Waals surface area contributed by atoms with E-state index in [1.807, 2.05) is 6.92 Å². The molecule has 0 saturated carbocycles. The zero-order chi connectivity index (χ0) is 15.9. The van der Waals surface area contributed by atoms with Crippen LogP contribution >= 0.6 is 0 Å². The van der Waals surface area contributed by atoms with E-state index in [1.54, 1.807) is 0 Å². The van der Waals surface area contributed by atoms with Crippen LogP contribution in [0.2, 0.25) is 0 Å². The Labute approximate surface area is 120 Å². The summed E-state index contributed by atoms with van der Waals surface area (Å²) in [6, 6.07) is 0.811. The van der Waals surface area contributed by atoms with E-state index >= 15 is 0 Å². The van der Waals surface area contributed by atoms with Crippen LogP contribution in [0.1, 0.15) is 12.6 Å². The number of rotatable bonds is 6. The highest BCUT2D eigenvalue weighted by Crippen LogP contribution is 2.27. The van der Waals surface area contributed by atoms with Gasteiger partial charge in [0.15, 0.2) is 5.96 Å². The lowest BCUT2D eigenvalue weighted by atomic mass is 10.4. The van der Waals surface area contributed by atoms with Crippen LogP contribution in [-0.4, -0.2) is 35.6 Å². The molecule has 9 heteroatoms. The van der Waals surface area contributed by atoms with Gasteiger partial charge in [-0.2, -0.15) is 13.2 Å². The summed E-state index contributed by atoms with van der Waals surface area (Å²) in [5.74, 6) is 0.147. The number of hydrogen-bond donors (Lipinski definition) is 3. The van der Waals surface area contributed by atoms with Gasteiger partial charge in [-0.1, -0.05) is 12.2 Å². The monoisotopic (exact) mass is 302 g/mol. The van der Waals surface area contributed by atoms with Gasteiger partial charge >= 0.3 is 6.18 Å². The van der Waals surface area contributed by atoms with Crippen molar-refractivity contribution in [3.8, 4) is 0 Å². The van der Waals surface area contributed by atoms with E-state index in [9.17, 15) is 13.2 Å². The van der Waals surface area contributed by atoms with Crippen LogP contribution in [-0.2, 0) is 6.18 Å². The van der Waals surface area contributed by atoms with Crippen molar-refractivity contribution in [3.63, 3.8) is 0 Å². The van der Waals surface area contributed by atoms with Crippen molar-refractivity contribution in [1.29, 1.82) is 0 Å². The van der Waals surface area contributed by atoms with Crippen molar-refractivity contribution in [2.45, 2.75) is 13.1 Å². The predicted octanol–water partition coefficient (Wildman–Crippen LogP) is 1.39. The molecule has 0 aliphatic rings. The molecule has 0 saturated heterocycles. The first-order chi connectivity index (χ1) is 9.79. The number of aliphatic imine (C=N–C) groups is 1. The molecular weight excluding hydrogens is 285 g/mol. The quantitative estimate of drug-likeness (QED) is 0.320. The fourth-order valence-corrected chi connectivity index (χ4v) is 1.24. The number of nitrogens with zero attached hydrogens (tertiary/aromatic N) is 3. The Bertz CT molecular complexity index is 512. The van der Waals surface area contributed by atoms with Gasteiger partial charge in [0.05, 0.1) is 6.54 Å². The summed E-state index contributed by atoms with van der Waals surface area (Å²) in [5, 5.41) is 5.46. The van der Waals surface area contributed by atoms with Gasteiger partial charge in [0.25, 0.3) is 0 Å². The van der Waals surface area contributed by atoms with Crippen molar-refractivity contribution in [2.75, 3.05) is 25.0 Å². The lowest BCUT2D eigenvalue weighted by Gasteiger charge is -2.09. The smallest absolute Gasteiger partial charge is 0.370 e. The SMILES string of the molecule is C=C(C)CN=C(N)NCCNc1nccc(C(F)(F)F)n1. The van der Waals surface area contributed by atoms with E-state index in [0.29, 0.717) is 19.6 Å². The third kappa shape index (κ3) is 6.59. The molecule has 0 unspecified atom stereocenters. The molecule has 0 fully saturated rings. The topological polar surface area (TPSA) is 88.2 Å². The summed E-state index contributed by atoms with van der Waals surface area (Å²) in [6.45, 7) is 6.58. The van der Waals surface area contributed by atoms with E-state index in [0.717, 1.165) is 17.8 Å². The predicted molar refractivity (Wildman–Crippen MR) is 74.8 cm³/mol. The summed E-state index contributed by atoms with van der Waals surface area (Å²) in [6.07, 6.45) is -3.44. The number of aromatic nitrogens is 2. The van der Waals surface area contributed by atoms with Gasteiger partial charge < -0.3 is 16.4 Å². The summed E-state index contributed by atoms with van der Waals surface area (Å²) < 4.78 is 37.3. The minimum absolute atomic E-state index is 0.0935. The van der Waals surface area contributed by atoms with E-state index in [2.05, 4.69) is 32.2 Å². The van der Waals surface area contributed by atoms with Crippen LogP contribution in [0.15, 0.2) is 29.4 Å². The zero-order valence-corrected chi connectivity index (χ0v) is 11.5. The van der Waals surface area contributed by atoms with E-state index in [1.165, 1.54) is 0 Å². The molecule has 1 aromatic rings. The molecule has 1 heterocycles. The Morgan fingerprint density at radius 1 is 1.43 bits per heavy atom. The number of nitrogens with one attached hydrogen (secondary N) is 2. The normalized spacial score (nSPS) is 12.1. The maximum atomic E-state index is 12.4. The zero-order valence-electron chi connectivity index (χ0n) is 11.5. The second kappa shape index (κ2) is 7.46. The number of halogens is 3. The van der Waals surface area contributed by atoms with Crippen molar-refractivity contribution >= 4 is 11.9 Å². The number of alkyl halides is 3. The minimum atomic E-state index is -4.49. The van der Waals surface area contributed by atoms with Gasteiger partial charge in [-0.3, -0.25) is 0 Å². The molecular formula is C12H17F3N6. The molecule has 21 heavy (non-hydrogen) atoms. The molecule has 0 aromatic carbocycles. The van der Waals surface area contributed by atoms with E-state index < -0.39 is 11.9 Å². The molecule has 0 amide bonds. The van der Waals surface area contributed by atoms with Crippen LogP contribution in [0.3, 0.4) is 0 Å². The fraction of sp³-hybridized carbons (Fsp3) is 0.417. The largest absolute Gasteiger partial charge is 0.433 e. The number of nitrogens with two attached hydrogens (primary N) is 1. The maximum absolute atomic E-state index is 12.4. The molecule has 1 rings (SSSR count). The third-order valence-electron chi connectivity index (χ3n) is 2.18. The first-order valence-electron chi connectivity index (χ1n) is 6.11. The van der Waals surface area contributed by atoms with Crippen molar-refractivity contribution < 1.29 is 13.2 Å². The second-order valence-corrected chi connectivity index (χ2v) is 4.28. The van der Waals surface area contributed by atoms with Crippen molar-refractivity contribution in [1.82, 2.24) is 15.3 Å². The molecule has 0 aliphatic heterocycles. The molecule has 0 spiro atoms. The first-order valence-corrected chi connectivity index (χ1v) is 6.11. The van der Waals surface area contributed by atoms with Crippen molar-refractivity contribution in [3.05, 3.63) is 30.1 Å². The molecule has 0 radical (unpaired) electrons. The summed E-state index contributed by atoms with van der Waals surface area (Å²) in [7, 11) is 0. The Morgan fingerprint density at radius 3 is 2.76 bits per heavy atom. The van der Waals surface area contributed by atoms with Crippen LogP contribution < -0.4 is 16.4 Å². The van der Waals surface area contributed by atoms with E-state index in [4.69, 9.17) is 5.73 Å². The summed E-state index contributed by atoms with van der Waals surface area (Å²) in [5.41, 5.74) is 5.45. The second-order valence-electron chi connectivity index (χ2n) is 4.28. The van der Waals surface area contributed by atoms with Gasteiger partial charge in [0.1, 0.15) is 5.69 Å². The minimum Gasteiger partial charge on any atom is -0.370 e.